The average molecular weight is 241 g/mol. The summed E-state index contributed by atoms with van der Waals surface area (Å²) in [7, 11) is 0. The number of rotatable bonds is 3. The van der Waals surface area contributed by atoms with E-state index in [1.807, 2.05) is 0 Å². The van der Waals surface area contributed by atoms with E-state index in [2.05, 4.69) is 17.2 Å². The predicted octanol–water partition coefficient (Wildman–Crippen LogP) is 0.256. The van der Waals surface area contributed by atoms with Gasteiger partial charge in [-0.05, 0) is 44.7 Å². The van der Waals surface area contributed by atoms with Crippen LogP contribution in [0.25, 0.3) is 0 Å². The topological polar surface area (TPSA) is 67.6 Å². The van der Waals surface area contributed by atoms with Crippen molar-refractivity contribution < 1.29 is 9.53 Å². The number of nitrogens with one attached hydrogen (secondary N) is 1. The van der Waals surface area contributed by atoms with Crippen molar-refractivity contribution in [3.8, 4) is 0 Å². The quantitative estimate of drug-likeness (QED) is 0.422. The highest BCUT2D eigenvalue weighted by Crippen LogP contribution is 2.23. The molecule has 17 heavy (non-hydrogen) atoms. The maximum absolute atomic E-state index is 11.3. The van der Waals surface area contributed by atoms with E-state index in [-0.39, 0.29) is 18.1 Å². The highest BCUT2D eigenvalue weighted by atomic mass is 16.5. The lowest BCUT2D eigenvalue weighted by molar-refractivity contribution is -0.132. The fourth-order valence-corrected chi connectivity index (χ4v) is 2.66. The van der Waals surface area contributed by atoms with Gasteiger partial charge >= 0.3 is 0 Å². The number of nitrogens with two attached hydrogens (primary N) is 1. The first-order valence-electron chi connectivity index (χ1n) is 6.57. The van der Waals surface area contributed by atoms with Crippen molar-refractivity contribution in [1.82, 2.24) is 10.3 Å². The van der Waals surface area contributed by atoms with Gasteiger partial charge in [0.1, 0.15) is 6.10 Å². The molecule has 0 saturated carbocycles. The van der Waals surface area contributed by atoms with Crippen LogP contribution >= 0.6 is 0 Å². The Morgan fingerprint density at radius 1 is 1.35 bits per heavy atom. The Hall–Kier alpha value is -0.650. The molecule has 2 unspecified atom stereocenters. The summed E-state index contributed by atoms with van der Waals surface area (Å²) in [5.74, 6) is 5.77. The second-order valence-corrected chi connectivity index (χ2v) is 5.32. The maximum Gasteiger partial charge on any atom is 0.263 e. The minimum atomic E-state index is -0.339. The van der Waals surface area contributed by atoms with Crippen LogP contribution in [0.1, 0.15) is 32.6 Å². The standard InChI is InChI=1S/C12H23N3O2/c1-9-4-6-15(7-5-9)8-10-2-3-11(17-10)12(16)14-13/h9-11H,2-8,13H2,1H3,(H,14,16). The number of amides is 1. The van der Waals surface area contributed by atoms with Crippen LogP contribution in [-0.4, -0.2) is 42.6 Å². The third-order valence-electron chi connectivity index (χ3n) is 3.88. The SMILES string of the molecule is CC1CCN(CC2CCC(C(=O)NN)O2)CC1. The van der Waals surface area contributed by atoms with Crippen LogP contribution in [0.2, 0.25) is 0 Å². The summed E-state index contributed by atoms with van der Waals surface area (Å²) < 4.78 is 5.71. The molecule has 2 aliphatic heterocycles. The normalized spacial score (nSPS) is 31.6. The zero-order valence-electron chi connectivity index (χ0n) is 10.5. The minimum Gasteiger partial charge on any atom is -0.364 e. The van der Waals surface area contributed by atoms with E-state index in [1.54, 1.807) is 0 Å². The molecule has 1 amide bonds. The molecule has 5 nitrogen and oxygen atoms in total. The summed E-state index contributed by atoms with van der Waals surface area (Å²) in [6.07, 6.45) is 4.17. The van der Waals surface area contributed by atoms with Gasteiger partial charge in [-0.25, -0.2) is 5.84 Å². The van der Waals surface area contributed by atoms with Crippen molar-refractivity contribution in [1.29, 1.82) is 0 Å². The number of nitrogens with zero attached hydrogens (tertiary/aromatic N) is 1. The highest BCUT2D eigenvalue weighted by molar-refractivity contribution is 5.80. The number of carbonyl (C=O) groups excluding carboxylic acids is 1. The first-order valence-corrected chi connectivity index (χ1v) is 6.57. The summed E-state index contributed by atoms with van der Waals surface area (Å²) in [5.41, 5.74) is 2.16. The summed E-state index contributed by atoms with van der Waals surface area (Å²) in [4.78, 5) is 13.8. The fourth-order valence-electron chi connectivity index (χ4n) is 2.66. The smallest absolute Gasteiger partial charge is 0.263 e. The number of carbonyl (C=O) groups is 1. The van der Waals surface area contributed by atoms with E-state index < -0.39 is 0 Å². The van der Waals surface area contributed by atoms with Crippen molar-refractivity contribution in [3.63, 3.8) is 0 Å². The van der Waals surface area contributed by atoms with Gasteiger partial charge in [-0.3, -0.25) is 10.2 Å². The first kappa shape index (κ1) is 12.8. The molecule has 2 rings (SSSR count). The molecule has 2 heterocycles. The summed E-state index contributed by atoms with van der Waals surface area (Å²) in [5, 5.41) is 0. The maximum atomic E-state index is 11.3. The van der Waals surface area contributed by atoms with Crippen molar-refractivity contribution in [2.24, 2.45) is 11.8 Å². The zero-order valence-corrected chi connectivity index (χ0v) is 10.5. The van der Waals surface area contributed by atoms with Gasteiger partial charge in [-0.2, -0.15) is 0 Å². The van der Waals surface area contributed by atoms with Gasteiger partial charge < -0.3 is 9.64 Å². The van der Waals surface area contributed by atoms with Crippen molar-refractivity contribution in [2.75, 3.05) is 19.6 Å². The molecular weight excluding hydrogens is 218 g/mol. The molecule has 2 fully saturated rings. The Bertz CT molecular complexity index is 264. The molecule has 0 spiro atoms. The average Bonchev–Trinajstić information content (AvgIpc) is 2.80. The van der Waals surface area contributed by atoms with Gasteiger partial charge in [0.25, 0.3) is 5.91 Å². The van der Waals surface area contributed by atoms with Crippen molar-refractivity contribution in [3.05, 3.63) is 0 Å². The number of piperidine rings is 1. The Morgan fingerprint density at radius 3 is 2.71 bits per heavy atom. The lowest BCUT2D eigenvalue weighted by Gasteiger charge is -2.31. The van der Waals surface area contributed by atoms with E-state index in [0.29, 0.717) is 0 Å². The Balaban J connectivity index is 1.72. The predicted molar refractivity (Wildman–Crippen MR) is 65.1 cm³/mol. The van der Waals surface area contributed by atoms with Crippen LogP contribution < -0.4 is 11.3 Å². The molecule has 0 aliphatic carbocycles. The largest absolute Gasteiger partial charge is 0.364 e. The molecule has 0 aromatic heterocycles. The monoisotopic (exact) mass is 241 g/mol. The second-order valence-electron chi connectivity index (χ2n) is 5.32. The lowest BCUT2D eigenvalue weighted by Crippen LogP contribution is -2.41. The first-order chi connectivity index (χ1) is 8.19. The van der Waals surface area contributed by atoms with Gasteiger partial charge in [0, 0.05) is 6.54 Å². The number of hydrogen-bond acceptors (Lipinski definition) is 4. The zero-order chi connectivity index (χ0) is 12.3. The number of hydrogen-bond donors (Lipinski definition) is 2. The third kappa shape index (κ3) is 3.40. The lowest BCUT2D eigenvalue weighted by atomic mass is 9.99. The molecule has 3 N–H and O–H groups in total. The molecule has 0 aromatic rings. The number of ether oxygens (including phenoxy) is 1. The van der Waals surface area contributed by atoms with Crippen LogP contribution in [0.3, 0.4) is 0 Å². The van der Waals surface area contributed by atoms with Crippen LogP contribution in [0, 0.1) is 5.92 Å². The molecule has 2 aliphatic rings. The van der Waals surface area contributed by atoms with Gasteiger partial charge in [-0.1, -0.05) is 6.92 Å². The minimum absolute atomic E-state index is 0.195. The van der Waals surface area contributed by atoms with Crippen LogP contribution in [0.15, 0.2) is 0 Å². The third-order valence-corrected chi connectivity index (χ3v) is 3.88. The Kier molecular flexibility index (Phi) is 4.36. The van der Waals surface area contributed by atoms with Gasteiger partial charge in [0.05, 0.1) is 6.10 Å². The van der Waals surface area contributed by atoms with Crippen molar-refractivity contribution in [2.45, 2.75) is 44.8 Å². The summed E-state index contributed by atoms with van der Waals surface area (Å²) in [6, 6.07) is 0. The van der Waals surface area contributed by atoms with Crippen LogP contribution in [-0.2, 0) is 9.53 Å². The number of likely N-dealkylation sites (tertiary alicyclic amines) is 1. The molecule has 98 valence electrons. The van der Waals surface area contributed by atoms with Crippen LogP contribution in [0.5, 0.6) is 0 Å². The van der Waals surface area contributed by atoms with E-state index in [0.717, 1.165) is 38.4 Å². The molecule has 2 saturated heterocycles. The molecule has 5 heteroatoms. The fraction of sp³-hybridized carbons (Fsp3) is 0.917. The Morgan fingerprint density at radius 2 is 2.06 bits per heavy atom. The van der Waals surface area contributed by atoms with Gasteiger partial charge in [-0.15, -0.1) is 0 Å². The Labute approximate surface area is 103 Å². The molecule has 2 atom stereocenters. The van der Waals surface area contributed by atoms with E-state index in [1.165, 1.54) is 12.8 Å². The molecule has 0 aromatic carbocycles. The second kappa shape index (κ2) is 5.80. The summed E-state index contributed by atoms with van der Waals surface area (Å²) in [6.45, 7) is 5.59. The molecule has 0 radical (unpaired) electrons. The molecule has 0 bridgehead atoms. The van der Waals surface area contributed by atoms with E-state index in [9.17, 15) is 4.79 Å². The van der Waals surface area contributed by atoms with E-state index in [4.69, 9.17) is 10.6 Å². The van der Waals surface area contributed by atoms with E-state index >= 15 is 0 Å². The molecular formula is C12H23N3O2. The number of hydrazine groups is 1. The highest BCUT2D eigenvalue weighted by Gasteiger charge is 2.31. The van der Waals surface area contributed by atoms with Gasteiger partial charge in [0.15, 0.2) is 0 Å². The van der Waals surface area contributed by atoms with Gasteiger partial charge in [0.2, 0.25) is 0 Å². The van der Waals surface area contributed by atoms with Crippen LogP contribution in [0.4, 0.5) is 0 Å². The summed E-state index contributed by atoms with van der Waals surface area (Å²) >= 11 is 0. The van der Waals surface area contributed by atoms with Crippen molar-refractivity contribution >= 4 is 5.91 Å².